The van der Waals surface area contributed by atoms with Gasteiger partial charge in [-0.2, -0.15) is 0 Å². The molecule has 1 atom stereocenters. The first-order valence-electron chi connectivity index (χ1n) is 4.54. The SMILES string of the molecule is C#CCCCCC(=O)N[C@H](C)CO. The molecule has 0 saturated heterocycles. The summed E-state index contributed by atoms with van der Waals surface area (Å²) < 4.78 is 0. The second kappa shape index (κ2) is 7.63. The number of unbranched alkanes of at least 4 members (excludes halogenated alkanes) is 2. The van der Waals surface area contributed by atoms with Crippen molar-refractivity contribution in [2.45, 2.75) is 38.6 Å². The quantitative estimate of drug-likeness (QED) is 0.470. The van der Waals surface area contributed by atoms with Crippen LogP contribution >= 0.6 is 0 Å². The lowest BCUT2D eigenvalue weighted by Crippen LogP contribution is -2.34. The number of aliphatic hydroxyl groups is 1. The highest BCUT2D eigenvalue weighted by Crippen LogP contribution is 1.98. The standard InChI is InChI=1S/C10H17NO2/c1-3-4-5-6-7-10(13)11-9(2)8-12/h1,9,12H,4-8H2,2H3,(H,11,13)/t9-/m1/s1. The van der Waals surface area contributed by atoms with Crippen LogP contribution < -0.4 is 5.32 Å². The molecule has 0 spiro atoms. The van der Waals surface area contributed by atoms with E-state index >= 15 is 0 Å². The number of carbonyl (C=O) groups excluding carboxylic acids is 1. The van der Waals surface area contributed by atoms with E-state index < -0.39 is 0 Å². The Balaban J connectivity index is 3.36. The van der Waals surface area contributed by atoms with Crippen molar-refractivity contribution in [3.05, 3.63) is 0 Å². The molecule has 0 unspecified atom stereocenters. The van der Waals surface area contributed by atoms with Crippen molar-refractivity contribution in [3.8, 4) is 12.3 Å². The molecule has 2 N–H and O–H groups in total. The molecule has 0 fully saturated rings. The van der Waals surface area contributed by atoms with Gasteiger partial charge in [0, 0.05) is 18.9 Å². The normalized spacial score (nSPS) is 11.8. The Labute approximate surface area is 79.5 Å². The predicted octanol–water partition coefficient (Wildman–Crippen LogP) is 0.677. The zero-order valence-corrected chi connectivity index (χ0v) is 8.05. The molecule has 1 amide bonds. The summed E-state index contributed by atoms with van der Waals surface area (Å²) in [5.74, 6) is 2.51. The summed E-state index contributed by atoms with van der Waals surface area (Å²) in [5.41, 5.74) is 0. The van der Waals surface area contributed by atoms with Gasteiger partial charge in [0.15, 0.2) is 0 Å². The highest BCUT2D eigenvalue weighted by molar-refractivity contribution is 5.76. The fourth-order valence-corrected chi connectivity index (χ4v) is 0.905. The summed E-state index contributed by atoms with van der Waals surface area (Å²) in [4.78, 5) is 11.1. The minimum atomic E-state index is -0.153. The Morgan fingerprint density at radius 2 is 2.31 bits per heavy atom. The summed E-state index contributed by atoms with van der Waals surface area (Å²) in [6, 6.07) is -0.153. The van der Waals surface area contributed by atoms with Gasteiger partial charge in [0.05, 0.1) is 6.61 Å². The number of aliphatic hydroxyl groups excluding tert-OH is 1. The van der Waals surface area contributed by atoms with Gasteiger partial charge in [-0.15, -0.1) is 12.3 Å². The zero-order chi connectivity index (χ0) is 10.1. The molecule has 0 aromatic carbocycles. The van der Waals surface area contributed by atoms with E-state index in [2.05, 4.69) is 11.2 Å². The van der Waals surface area contributed by atoms with E-state index in [-0.39, 0.29) is 18.6 Å². The highest BCUT2D eigenvalue weighted by Gasteiger charge is 2.04. The first-order chi connectivity index (χ1) is 6.20. The molecule has 0 aliphatic rings. The van der Waals surface area contributed by atoms with Gasteiger partial charge in [-0.25, -0.2) is 0 Å². The van der Waals surface area contributed by atoms with Gasteiger partial charge in [-0.3, -0.25) is 4.79 Å². The van der Waals surface area contributed by atoms with Gasteiger partial charge >= 0.3 is 0 Å². The molecule has 0 radical (unpaired) electrons. The van der Waals surface area contributed by atoms with Gasteiger partial charge in [0.2, 0.25) is 5.91 Å². The molecule has 0 aromatic heterocycles. The van der Waals surface area contributed by atoms with Gasteiger partial charge < -0.3 is 10.4 Å². The Kier molecular flexibility index (Phi) is 7.04. The first kappa shape index (κ1) is 12.0. The number of hydrogen-bond acceptors (Lipinski definition) is 2. The second-order valence-electron chi connectivity index (χ2n) is 3.06. The average molecular weight is 183 g/mol. The molecule has 0 rings (SSSR count). The predicted molar refractivity (Wildman–Crippen MR) is 52.0 cm³/mol. The van der Waals surface area contributed by atoms with E-state index in [1.54, 1.807) is 6.92 Å². The third kappa shape index (κ3) is 7.35. The third-order valence-corrected chi connectivity index (χ3v) is 1.66. The molecule has 0 bridgehead atoms. The molecule has 3 heteroatoms. The Morgan fingerprint density at radius 3 is 2.85 bits per heavy atom. The van der Waals surface area contributed by atoms with E-state index in [1.807, 2.05) is 0 Å². The van der Waals surface area contributed by atoms with Crippen molar-refractivity contribution in [2.75, 3.05) is 6.61 Å². The molecule has 0 saturated carbocycles. The first-order valence-corrected chi connectivity index (χ1v) is 4.54. The van der Waals surface area contributed by atoms with Crippen LogP contribution in [0.15, 0.2) is 0 Å². The van der Waals surface area contributed by atoms with E-state index in [9.17, 15) is 4.79 Å². The number of rotatable bonds is 6. The van der Waals surface area contributed by atoms with Crippen LogP contribution in [-0.2, 0) is 4.79 Å². The monoisotopic (exact) mass is 183 g/mol. The van der Waals surface area contributed by atoms with E-state index in [0.29, 0.717) is 6.42 Å². The summed E-state index contributed by atoms with van der Waals surface area (Å²) >= 11 is 0. The van der Waals surface area contributed by atoms with Crippen LogP contribution in [0.5, 0.6) is 0 Å². The Morgan fingerprint density at radius 1 is 1.62 bits per heavy atom. The summed E-state index contributed by atoms with van der Waals surface area (Å²) in [5, 5.41) is 11.3. The lowest BCUT2D eigenvalue weighted by Gasteiger charge is -2.09. The van der Waals surface area contributed by atoms with Crippen molar-refractivity contribution in [1.29, 1.82) is 0 Å². The van der Waals surface area contributed by atoms with E-state index in [0.717, 1.165) is 19.3 Å². The molecule has 0 heterocycles. The van der Waals surface area contributed by atoms with Gasteiger partial charge in [-0.1, -0.05) is 0 Å². The molecule has 0 aromatic rings. The number of nitrogens with one attached hydrogen (secondary N) is 1. The average Bonchev–Trinajstić information content (AvgIpc) is 2.12. The van der Waals surface area contributed by atoms with Crippen molar-refractivity contribution >= 4 is 5.91 Å². The maximum absolute atomic E-state index is 11.1. The smallest absolute Gasteiger partial charge is 0.220 e. The summed E-state index contributed by atoms with van der Waals surface area (Å²) in [6.45, 7) is 1.75. The van der Waals surface area contributed by atoms with Crippen LogP contribution in [0.25, 0.3) is 0 Å². The molecule has 0 aliphatic heterocycles. The summed E-state index contributed by atoms with van der Waals surface area (Å²) in [7, 11) is 0. The topological polar surface area (TPSA) is 49.3 Å². The maximum atomic E-state index is 11.1. The van der Waals surface area contributed by atoms with Gasteiger partial charge in [-0.05, 0) is 19.8 Å². The van der Waals surface area contributed by atoms with Crippen LogP contribution in [0.4, 0.5) is 0 Å². The number of terminal acetylenes is 1. The minimum absolute atomic E-state index is 0.0152. The van der Waals surface area contributed by atoms with Crippen LogP contribution in [0.2, 0.25) is 0 Å². The molecule has 74 valence electrons. The van der Waals surface area contributed by atoms with E-state index in [4.69, 9.17) is 11.5 Å². The van der Waals surface area contributed by atoms with Crippen molar-refractivity contribution < 1.29 is 9.90 Å². The maximum Gasteiger partial charge on any atom is 0.220 e. The molecule has 3 nitrogen and oxygen atoms in total. The van der Waals surface area contributed by atoms with E-state index in [1.165, 1.54) is 0 Å². The van der Waals surface area contributed by atoms with Crippen molar-refractivity contribution in [3.63, 3.8) is 0 Å². The van der Waals surface area contributed by atoms with Crippen molar-refractivity contribution in [2.24, 2.45) is 0 Å². The van der Waals surface area contributed by atoms with Crippen molar-refractivity contribution in [1.82, 2.24) is 5.32 Å². The third-order valence-electron chi connectivity index (χ3n) is 1.66. The number of carbonyl (C=O) groups is 1. The highest BCUT2D eigenvalue weighted by atomic mass is 16.3. The second-order valence-corrected chi connectivity index (χ2v) is 3.06. The van der Waals surface area contributed by atoms with Gasteiger partial charge in [0.25, 0.3) is 0 Å². The molecule has 13 heavy (non-hydrogen) atoms. The molecule has 0 aliphatic carbocycles. The van der Waals surface area contributed by atoms with Crippen LogP contribution in [0, 0.1) is 12.3 Å². The van der Waals surface area contributed by atoms with Crippen LogP contribution in [-0.4, -0.2) is 23.7 Å². The zero-order valence-electron chi connectivity index (χ0n) is 8.05. The largest absolute Gasteiger partial charge is 0.394 e. The lowest BCUT2D eigenvalue weighted by molar-refractivity contribution is -0.122. The van der Waals surface area contributed by atoms with Crippen LogP contribution in [0.3, 0.4) is 0 Å². The lowest BCUT2D eigenvalue weighted by atomic mass is 10.2. The van der Waals surface area contributed by atoms with Gasteiger partial charge in [0.1, 0.15) is 0 Å². The Bertz CT molecular complexity index is 184. The Hall–Kier alpha value is -1.01. The number of amides is 1. The fraction of sp³-hybridized carbons (Fsp3) is 0.700. The molecular formula is C10H17NO2. The molecular weight excluding hydrogens is 166 g/mol. The fourth-order valence-electron chi connectivity index (χ4n) is 0.905. The number of hydrogen-bond donors (Lipinski definition) is 2. The summed E-state index contributed by atoms with van der Waals surface area (Å²) in [6.07, 6.45) is 7.98. The minimum Gasteiger partial charge on any atom is -0.394 e. The van der Waals surface area contributed by atoms with Crippen LogP contribution in [0.1, 0.15) is 32.6 Å².